The molecule has 0 saturated carbocycles. The van der Waals surface area contributed by atoms with Crippen LogP contribution < -0.4 is 10.6 Å². The Hall–Kier alpha value is -2.10. The molecule has 0 saturated heterocycles. The van der Waals surface area contributed by atoms with E-state index in [4.69, 9.17) is 0 Å². The summed E-state index contributed by atoms with van der Waals surface area (Å²) < 4.78 is 0. The van der Waals surface area contributed by atoms with Gasteiger partial charge in [0.25, 0.3) is 0 Å². The second-order valence-electron chi connectivity index (χ2n) is 4.39. The first-order valence-corrected chi connectivity index (χ1v) is 6.64. The Bertz CT molecular complexity index is 511. The van der Waals surface area contributed by atoms with Crippen molar-refractivity contribution in [2.75, 3.05) is 17.7 Å². The highest BCUT2D eigenvalue weighted by Gasteiger charge is 2.09. The number of nitrogens with zero attached hydrogens (tertiary/aromatic N) is 2. The molecule has 0 aliphatic rings. The van der Waals surface area contributed by atoms with Gasteiger partial charge < -0.3 is 10.6 Å². The van der Waals surface area contributed by atoms with Crippen molar-refractivity contribution in [2.45, 2.75) is 26.3 Å². The summed E-state index contributed by atoms with van der Waals surface area (Å²) >= 11 is 0. The highest BCUT2D eigenvalue weighted by atomic mass is 15.1. The number of nitrogens with one attached hydrogen (secondary N) is 2. The van der Waals surface area contributed by atoms with Crippen LogP contribution in [0.2, 0.25) is 0 Å². The van der Waals surface area contributed by atoms with Gasteiger partial charge in [0.15, 0.2) is 0 Å². The third-order valence-corrected chi connectivity index (χ3v) is 2.98. The second-order valence-corrected chi connectivity index (χ2v) is 4.39. The van der Waals surface area contributed by atoms with E-state index in [1.807, 2.05) is 25.2 Å². The minimum Gasteiger partial charge on any atom is -0.373 e. The van der Waals surface area contributed by atoms with Crippen LogP contribution in [0, 0.1) is 0 Å². The molecule has 0 radical (unpaired) electrons. The molecular weight excluding hydrogens is 236 g/mol. The first-order chi connectivity index (χ1) is 9.35. The van der Waals surface area contributed by atoms with Crippen molar-refractivity contribution in [1.29, 1.82) is 0 Å². The summed E-state index contributed by atoms with van der Waals surface area (Å²) in [5.74, 6) is 1.83. The molecule has 1 aromatic heterocycles. The van der Waals surface area contributed by atoms with Gasteiger partial charge in [-0.05, 0) is 12.0 Å². The van der Waals surface area contributed by atoms with E-state index in [2.05, 4.69) is 39.7 Å². The topological polar surface area (TPSA) is 49.8 Å². The van der Waals surface area contributed by atoms with Gasteiger partial charge in [-0.3, -0.25) is 0 Å². The lowest BCUT2D eigenvalue weighted by Crippen LogP contribution is -2.08. The minimum absolute atomic E-state index is 0.776. The molecule has 1 heterocycles. The van der Waals surface area contributed by atoms with E-state index in [1.165, 1.54) is 5.56 Å². The predicted octanol–water partition coefficient (Wildman–Crippen LogP) is 3.08. The number of hydrogen-bond acceptors (Lipinski definition) is 4. The molecule has 0 amide bonds. The Morgan fingerprint density at radius 2 is 1.79 bits per heavy atom. The standard InChI is InChI=1S/C15H20N4/c1-3-7-13-14(16-2)18-11-19-15(13)17-10-12-8-5-4-6-9-12/h4-6,8-9,11H,3,7,10H2,1-2H3,(H2,16,17,18,19). The average molecular weight is 256 g/mol. The summed E-state index contributed by atoms with van der Waals surface area (Å²) in [6.07, 6.45) is 3.63. The highest BCUT2D eigenvalue weighted by molar-refractivity contribution is 5.57. The Kier molecular flexibility index (Phi) is 4.72. The zero-order chi connectivity index (χ0) is 13.5. The zero-order valence-corrected chi connectivity index (χ0v) is 11.5. The van der Waals surface area contributed by atoms with E-state index >= 15 is 0 Å². The number of anilines is 2. The molecule has 0 atom stereocenters. The monoisotopic (exact) mass is 256 g/mol. The minimum atomic E-state index is 0.776. The first kappa shape index (κ1) is 13.3. The molecule has 0 unspecified atom stereocenters. The summed E-state index contributed by atoms with van der Waals surface area (Å²) in [5, 5.41) is 6.53. The van der Waals surface area contributed by atoms with Crippen molar-refractivity contribution in [3.63, 3.8) is 0 Å². The first-order valence-electron chi connectivity index (χ1n) is 6.64. The Labute approximate surface area is 114 Å². The molecule has 19 heavy (non-hydrogen) atoms. The van der Waals surface area contributed by atoms with Crippen LogP contribution in [-0.2, 0) is 13.0 Å². The lowest BCUT2D eigenvalue weighted by Gasteiger charge is -2.13. The summed E-state index contributed by atoms with van der Waals surface area (Å²) in [6, 6.07) is 10.3. The molecule has 0 spiro atoms. The molecule has 1 aromatic carbocycles. The van der Waals surface area contributed by atoms with E-state index in [-0.39, 0.29) is 0 Å². The molecule has 2 aromatic rings. The van der Waals surface area contributed by atoms with Gasteiger partial charge in [-0.1, -0.05) is 43.7 Å². The van der Waals surface area contributed by atoms with Gasteiger partial charge in [-0.2, -0.15) is 0 Å². The molecule has 100 valence electrons. The maximum atomic E-state index is 4.36. The fourth-order valence-corrected chi connectivity index (χ4v) is 2.05. The van der Waals surface area contributed by atoms with Crippen LogP contribution in [0.25, 0.3) is 0 Å². The van der Waals surface area contributed by atoms with E-state index in [9.17, 15) is 0 Å². The lowest BCUT2D eigenvalue weighted by molar-refractivity contribution is 0.899. The largest absolute Gasteiger partial charge is 0.373 e. The smallest absolute Gasteiger partial charge is 0.134 e. The summed E-state index contributed by atoms with van der Waals surface area (Å²) in [4.78, 5) is 8.63. The Balaban J connectivity index is 2.15. The molecule has 2 rings (SSSR count). The fraction of sp³-hybridized carbons (Fsp3) is 0.333. The van der Waals surface area contributed by atoms with Gasteiger partial charge in [0.2, 0.25) is 0 Å². The number of hydrogen-bond donors (Lipinski definition) is 2. The van der Waals surface area contributed by atoms with E-state index < -0.39 is 0 Å². The molecule has 0 fully saturated rings. The third-order valence-electron chi connectivity index (χ3n) is 2.98. The summed E-state index contributed by atoms with van der Waals surface area (Å²) in [7, 11) is 1.89. The fourth-order valence-electron chi connectivity index (χ4n) is 2.05. The van der Waals surface area contributed by atoms with E-state index in [0.29, 0.717) is 0 Å². The molecule has 4 nitrogen and oxygen atoms in total. The summed E-state index contributed by atoms with van der Waals surface area (Å²) in [6.45, 7) is 2.94. The van der Waals surface area contributed by atoms with Crippen molar-refractivity contribution in [3.8, 4) is 0 Å². The van der Waals surface area contributed by atoms with Gasteiger partial charge in [-0.15, -0.1) is 0 Å². The SMILES string of the molecule is CCCc1c(NC)ncnc1NCc1ccccc1. The van der Waals surface area contributed by atoms with Gasteiger partial charge in [0.1, 0.15) is 18.0 Å². The van der Waals surface area contributed by atoms with Crippen molar-refractivity contribution in [3.05, 3.63) is 47.8 Å². The quantitative estimate of drug-likeness (QED) is 0.834. The van der Waals surface area contributed by atoms with E-state index in [0.717, 1.165) is 36.6 Å². The predicted molar refractivity (Wildman–Crippen MR) is 79.3 cm³/mol. The molecule has 0 aliphatic heterocycles. The number of rotatable bonds is 6. The second kappa shape index (κ2) is 6.73. The highest BCUT2D eigenvalue weighted by Crippen LogP contribution is 2.21. The molecular formula is C15H20N4. The van der Waals surface area contributed by atoms with Crippen LogP contribution in [0.4, 0.5) is 11.6 Å². The van der Waals surface area contributed by atoms with Gasteiger partial charge >= 0.3 is 0 Å². The maximum Gasteiger partial charge on any atom is 0.134 e. The van der Waals surface area contributed by atoms with Crippen molar-refractivity contribution < 1.29 is 0 Å². The van der Waals surface area contributed by atoms with Crippen LogP contribution in [0.5, 0.6) is 0 Å². The molecule has 2 N–H and O–H groups in total. The maximum absolute atomic E-state index is 4.36. The molecule has 0 aliphatic carbocycles. The average Bonchev–Trinajstić information content (AvgIpc) is 2.47. The van der Waals surface area contributed by atoms with Crippen LogP contribution in [0.1, 0.15) is 24.5 Å². The van der Waals surface area contributed by atoms with Crippen molar-refractivity contribution >= 4 is 11.6 Å². The van der Waals surface area contributed by atoms with Crippen LogP contribution >= 0.6 is 0 Å². The zero-order valence-electron chi connectivity index (χ0n) is 11.5. The molecule has 0 bridgehead atoms. The third kappa shape index (κ3) is 3.44. The van der Waals surface area contributed by atoms with Crippen LogP contribution in [0.3, 0.4) is 0 Å². The Morgan fingerprint density at radius 3 is 2.47 bits per heavy atom. The summed E-state index contributed by atoms with van der Waals surface area (Å²) in [5.41, 5.74) is 2.40. The van der Waals surface area contributed by atoms with Crippen LogP contribution in [-0.4, -0.2) is 17.0 Å². The van der Waals surface area contributed by atoms with Crippen molar-refractivity contribution in [2.24, 2.45) is 0 Å². The van der Waals surface area contributed by atoms with Gasteiger partial charge in [0.05, 0.1) is 0 Å². The number of benzene rings is 1. The lowest BCUT2D eigenvalue weighted by atomic mass is 10.1. The van der Waals surface area contributed by atoms with Gasteiger partial charge in [0, 0.05) is 19.2 Å². The van der Waals surface area contributed by atoms with Gasteiger partial charge in [-0.25, -0.2) is 9.97 Å². The van der Waals surface area contributed by atoms with Crippen LogP contribution in [0.15, 0.2) is 36.7 Å². The Morgan fingerprint density at radius 1 is 1.05 bits per heavy atom. The van der Waals surface area contributed by atoms with E-state index in [1.54, 1.807) is 6.33 Å². The van der Waals surface area contributed by atoms with Crippen molar-refractivity contribution in [1.82, 2.24) is 9.97 Å². The molecule has 4 heteroatoms. The normalized spacial score (nSPS) is 10.2. The number of aromatic nitrogens is 2.